The summed E-state index contributed by atoms with van der Waals surface area (Å²) in [5.74, 6) is 2.59. The van der Waals surface area contributed by atoms with Gasteiger partial charge in [0, 0.05) is 37.5 Å². The van der Waals surface area contributed by atoms with Gasteiger partial charge in [0.1, 0.15) is 24.0 Å². The standard InChI is InChI=1S/C27H43NO2.C16H23NO6.C9H11N/c1-16-7-12-27(28-15-16)17(2)24-23(30-27)14-22-20-6-5-18-13-19(29)8-10-25(18,3)21(20)9-11-26(22,24)4;1-9-13(18)23-11-5-7-17-6-4-10(12(11)17)8-22-14(19)16(3,21)15(9,2)20;10-9-6-8(9)7-4-2-1-3-5-7/h5,16-17,19-24,28-29H,6-15H2,1-4H3;4,9,11-12,20-21H,5-8H2,1-3H3;1-5,8-9H,6,10H2/t16-,17+,19+,20-,21+,22+,23+,24+,25+,26+,27-;9-,11+,12+,15+,16-;8-,9+/m100/s1. The summed E-state index contributed by atoms with van der Waals surface area (Å²) in [5.41, 5.74) is 6.08. The summed E-state index contributed by atoms with van der Waals surface area (Å²) in [5, 5.41) is 35.2. The number of hydrogen-bond donors (Lipinski definition) is 5. The second-order valence-electron chi connectivity index (χ2n) is 22.7. The second-order valence-corrected chi connectivity index (χ2v) is 22.7. The van der Waals surface area contributed by atoms with Crippen molar-refractivity contribution in [3.05, 3.63) is 59.2 Å². The quantitative estimate of drug-likeness (QED) is 0.157. The first kappa shape index (κ1) is 45.5. The largest absolute Gasteiger partial charge is 0.460 e. The van der Waals surface area contributed by atoms with Crippen LogP contribution in [0.25, 0.3) is 0 Å². The lowest BCUT2D eigenvalue weighted by molar-refractivity contribution is -0.205. The Balaban J connectivity index is 0.000000134. The number of carbonyl (C=O) groups excluding carboxylic acids is 2. The van der Waals surface area contributed by atoms with Crippen LogP contribution in [0.1, 0.15) is 131 Å². The normalized spacial score (nSPS) is 49.7. The van der Waals surface area contributed by atoms with Crippen molar-refractivity contribution in [2.24, 2.45) is 58.0 Å². The Morgan fingerprint density at radius 1 is 0.889 bits per heavy atom. The lowest BCUT2D eigenvalue weighted by atomic mass is 9.47. The van der Waals surface area contributed by atoms with Gasteiger partial charge in [-0.3, -0.25) is 15.0 Å². The molecule has 11 nitrogen and oxygen atoms in total. The highest BCUT2D eigenvalue weighted by molar-refractivity contribution is 5.83. The van der Waals surface area contributed by atoms with E-state index < -0.39 is 29.1 Å². The number of aliphatic hydroxyl groups excluding tert-OH is 1. The predicted molar refractivity (Wildman–Crippen MR) is 241 cm³/mol. The van der Waals surface area contributed by atoms with E-state index in [-0.39, 0.29) is 30.6 Å². The first-order valence-electron chi connectivity index (χ1n) is 24.7. The molecule has 11 rings (SSSR count). The Bertz CT molecular complexity index is 1940. The highest BCUT2D eigenvalue weighted by Crippen LogP contribution is 2.70. The third kappa shape index (κ3) is 7.69. The van der Waals surface area contributed by atoms with Gasteiger partial charge in [0.15, 0.2) is 5.60 Å². The van der Waals surface area contributed by atoms with Crippen molar-refractivity contribution in [2.45, 2.75) is 172 Å². The van der Waals surface area contributed by atoms with Gasteiger partial charge in [0.2, 0.25) is 0 Å². The van der Waals surface area contributed by atoms with Gasteiger partial charge in [-0.2, -0.15) is 0 Å². The Morgan fingerprint density at radius 2 is 1.63 bits per heavy atom. The molecule has 348 valence electrons. The number of allylic oxidation sites excluding steroid dienone is 1. The molecule has 8 fully saturated rings. The zero-order chi connectivity index (χ0) is 44.9. The summed E-state index contributed by atoms with van der Waals surface area (Å²) in [7, 11) is 0. The maximum absolute atomic E-state index is 12.4. The molecule has 18 atom stereocenters. The number of aliphatic hydroxyl groups is 3. The van der Waals surface area contributed by atoms with Gasteiger partial charge in [0.25, 0.3) is 0 Å². The molecule has 1 aromatic carbocycles. The smallest absolute Gasteiger partial charge is 0.341 e. The van der Waals surface area contributed by atoms with Crippen molar-refractivity contribution < 1.29 is 39.1 Å². The molecule has 0 radical (unpaired) electrons. The highest BCUT2D eigenvalue weighted by atomic mass is 16.6. The van der Waals surface area contributed by atoms with Gasteiger partial charge < -0.3 is 35.3 Å². The first-order chi connectivity index (χ1) is 29.8. The predicted octanol–water partition coefficient (Wildman–Crippen LogP) is 6.40. The van der Waals surface area contributed by atoms with Crippen LogP contribution in [0.15, 0.2) is 53.6 Å². The third-order valence-corrected chi connectivity index (χ3v) is 19.3. The summed E-state index contributed by atoms with van der Waals surface area (Å²) in [6.45, 7) is 16.6. The summed E-state index contributed by atoms with van der Waals surface area (Å²) in [4.78, 5) is 26.9. The summed E-state index contributed by atoms with van der Waals surface area (Å²) >= 11 is 0. The van der Waals surface area contributed by atoms with E-state index in [1.54, 1.807) is 5.57 Å². The van der Waals surface area contributed by atoms with Crippen molar-refractivity contribution in [3.63, 3.8) is 0 Å². The molecule has 0 bridgehead atoms. The van der Waals surface area contributed by atoms with Gasteiger partial charge in [-0.1, -0.05) is 75.8 Å². The summed E-state index contributed by atoms with van der Waals surface area (Å²) in [6, 6.07) is 10.8. The van der Waals surface area contributed by atoms with Gasteiger partial charge in [-0.05, 0) is 143 Å². The maximum Gasteiger partial charge on any atom is 0.341 e. The van der Waals surface area contributed by atoms with Gasteiger partial charge in [-0.15, -0.1) is 0 Å². The Morgan fingerprint density at radius 3 is 2.33 bits per heavy atom. The van der Waals surface area contributed by atoms with Crippen LogP contribution in [-0.4, -0.2) is 106 Å². The van der Waals surface area contributed by atoms with Crippen molar-refractivity contribution in [2.75, 3.05) is 26.2 Å². The van der Waals surface area contributed by atoms with Crippen molar-refractivity contribution in [3.8, 4) is 0 Å². The SMILES string of the molecule is C[C@@H]1CC[C@@]2(NC1)O[C@H]1C[C@H]3[C@@H]4CC=C5C[C@@H](O)CC[C@]5(C)[C@H]4CC[C@]3(C)[C@H]1[C@@H]2C.C[C@H]1C(=O)O[C@@H]2CCN3CC=C(COC(=O)[C@](C)(O)[C@]1(C)O)[C@H]23.N[C@@H]1C[C@H]1c1ccccc1. The molecule has 5 aliphatic heterocycles. The Kier molecular flexibility index (Phi) is 12.0. The van der Waals surface area contributed by atoms with E-state index in [1.807, 2.05) is 12.1 Å². The average molecular weight is 872 g/mol. The topological polar surface area (TPSA) is 164 Å². The number of esters is 2. The minimum atomic E-state index is -2.22. The molecule has 11 heteroatoms. The Labute approximate surface area is 375 Å². The number of nitrogens with zero attached hydrogens (tertiary/aromatic N) is 1. The minimum Gasteiger partial charge on any atom is -0.460 e. The first-order valence-corrected chi connectivity index (χ1v) is 24.7. The van der Waals surface area contributed by atoms with Crippen LogP contribution in [-0.2, 0) is 23.8 Å². The molecule has 6 N–H and O–H groups in total. The second kappa shape index (κ2) is 16.6. The molecule has 4 saturated heterocycles. The number of hydrogen-bond acceptors (Lipinski definition) is 11. The van der Waals surface area contributed by atoms with Gasteiger partial charge >= 0.3 is 11.9 Å². The van der Waals surface area contributed by atoms with Crippen molar-refractivity contribution >= 4 is 11.9 Å². The van der Waals surface area contributed by atoms with Crippen LogP contribution in [0, 0.1) is 52.3 Å². The lowest BCUT2D eigenvalue weighted by Crippen LogP contribution is -2.61. The molecule has 0 amide bonds. The lowest BCUT2D eigenvalue weighted by Gasteiger charge is -2.58. The number of nitrogens with one attached hydrogen (secondary N) is 1. The number of fused-ring (bicyclic) bond motifs is 7. The summed E-state index contributed by atoms with van der Waals surface area (Å²) < 4.78 is 17.8. The van der Waals surface area contributed by atoms with E-state index in [0.29, 0.717) is 41.2 Å². The fraction of sp³-hybridized carbons (Fsp3) is 0.769. The van der Waals surface area contributed by atoms with Crippen LogP contribution < -0.4 is 11.1 Å². The zero-order valence-corrected chi connectivity index (χ0v) is 39.1. The van der Waals surface area contributed by atoms with E-state index in [1.165, 1.54) is 70.8 Å². The van der Waals surface area contributed by atoms with Crippen LogP contribution in [0.5, 0.6) is 0 Å². The number of benzene rings is 1. The van der Waals surface area contributed by atoms with Crippen LogP contribution in [0.2, 0.25) is 0 Å². The van der Waals surface area contributed by atoms with E-state index >= 15 is 0 Å². The molecular formula is C52H77N3O8. The minimum absolute atomic E-state index is 0.0225. The third-order valence-electron chi connectivity index (χ3n) is 19.3. The van der Waals surface area contributed by atoms with E-state index in [2.05, 4.69) is 68.3 Å². The zero-order valence-electron chi connectivity index (χ0n) is 39.1. The molecule has 0 unspecified atom stereocenters. The van der Waals surface area contributed by atoms with Crippen molar-refractivity contribution in [1.82, 2.24) is 10.2 Å². The van der Waals surface area contributed by atoms with Gasteiger partial charge in [0.05, 0.1) is 24.2 Å². The number of carbonyl (C=O) groups is 2. The number of ether oxygens (including phenoxy) is 3. The molecule has 0 aromatic heterocycles. The van der Waals surface area contributed by atoms with E-state index in [9.17, 15) is 24.9 Å². The number of piperidine rings is 1. The highest BCUT2D eigenvalue weighted by Gasteiger charge is 2.68. The van der Waals surface area contributed by atoms with Crippen LogP contribution in [0.4, 0.5) is 0 Å². The van der Waals surface area contributed by atoms with Crippen molar-refractivity contribution in [1.29, 1.82) is 0 Å². The molecule has 5 heterocycles. The van der Waals surface area contributed by atoms with E-state index in [4.69, 9.17) is 19.9 Å². The maximum atomic E-state index is 12.4. The summed E-state index contributed by atoms with van der Waals surface area (Å²) in [6.07, 6.45) is 17.4. The Hall–Kier alpha value is -2.64. The van der Waals surface area contributed by atoms with Gasteiger partial charge in [-0.25, -0.2) is 4.79 Å². The average Bonchev–Trinajstić information content (AvgIpc) is 3.50. The molecule has 1 aromatic rings. The molecule has 63 heavy (non-hydrogen) atoms. The molecular weight excluding hydrogens is 795 g/mol. The monoisotopic (exact) mass is 872 g/mol. The number of cyclic esters (lactones) is 1. The molecule has 10 aliphatic rings. The molecule has 5 aliphatic carbocycles. The fourth-order valence-corrected chi connectivity index (χ4v) is 14.7. The molecule has 4 saturated carbocycles. The van der Waals surface area contributed by atoms with E-state index in [0.717, 1.165) is 74.6 Å². The molecule has 1 spiro atoms. The van der Waals surface area contributed by atoms with Crippen LogP contribution in [0.3, 0.4) is 0 Å². The number of nitrogens with two attached hydrogens (primary N) is 1. The fourth-order valence-electron chi connectivity index (χ4n) is 14.7. The number of rotatable bonds is 1. The van der Waals surface area contributed by atoms with Crippen LogP contribution >= 0.6 is 0 Å².